The van der Waals surface area contributed by atoms with Crippen LogP contribution >= 0.6 is 24.0 Å². The third kappa shape index (κ3) is 6.44. The number of rotatable bonds is 6. The van der Waals surface area contributed by atoms with Crippen molar-refractivity contribution in [3.63, 3.8) is 0 Å². The van der Waals surface area contributed by atoms with Gasteiger partial charge in [0.2, 0.25) is 5.95 Å². The Bertz CT molecular complexity index is 749. The molecule has 1 unspecified atom stereocenters. The predicted molar refractivity (Wildman–Crippen MR) is 121 cm³/mol. The van der Waals surface area contributed by atoms with E-state index in [1.54, 1.807) is 6.20 Å². The van der Waals surface area contributed by atoms with Gasteiger partial charge in [0.15, 0.2) is 0 Å². The highest BCUT2D eigenvalue weighted by Crippen LogP contribution is 2.24. The highest BCUT2D eigenvalue weighted by atomic mass is 35.5. The largest absolute Gasteiger partial charge is 0.378 e. The Morgan fingerprint density at radius 1 is 1.14 bits per heavy atom. The van der Waals surface area contributed by atoms with Gasteiger partial charge < -0.3 is 19.7 Å². The van der Waals surface area contributed by atoms with E-state index in [2.05, 4.69) is 44.5 Å². The molecule has 1 aromatic heterocycles. The highest BCUT2D eigenvalue weighted by Gasteiger charge is 2.17. The van der Waals surface area contributed by atoms with Crippen molar-refractivity contribution in [1.82, 2.24) is 9.97 Å². The summed E-state index contributed by atoms with van der Waals surface area (Å²) in [6, 6.07) is 8.33. The van der Waals surface area contributed by atoms with Crippen LogP contribution in [-0.2, 0) is 15.9 Å². The fourth-order valence-corrected chi connectivity index (χ4v) is 3.70. The topological polar surface area (TPSA) is 59.5 Å². The molecule has 0 spiro atoms. The van der Waals surface area contributed by atoms with Crippen LogP contribution in [0.5, 0.6) is 0 Å². The first-order valence-corrected chi connectivity index (χ1v) is 9.98. The van der Waals surface area contributed by atoms with Crippen LogP contribution < -0.4 is 10.2 Å². The van der Waals surface area contributed by atoms with Crippen LogP contribution in [0.15, 0.2) is 30.5 Å². The normalized spacial score (nSPS) is 18.7. The molecule has 0 bridgehead atoms. The van der Waals surface area contributed by atoms with Gasteiger partial charge in [0.1, 0.15) is 0 Å². The van der Waals surface area contributed by atoms with Gasteiger partial charge in [-0.15, -0.1) is 12.4 Å². The summed E-state index contributed by atoms with van der Waals surface area (Å²) in [6.45, 7) is 4.30. The maximum atomic E-state index is 6.28. The number of nitrogens with zero attached hydrogens (tertiary/aromatic N) is 3. The number of hydrogen-bond donors (Lipinski definition) is 1. The summed E-state index contributed by atoms with van der Waals surface area (Å²) in [6.07, 6.45) is 6.03. The minimum Gasteiger partial charge on any atom is -0.378 e. The molecule has 0 amide bonds. The van der Waals surface area contributed by atoms with E-state index >= 15 is 0 Å². The fraction of sp³-hybridized carbons (Fsp3) is 0.524. The summed E-state index contributed by atoms with van der Waals surface area (Å²) < 4.78 is 11.1. The van der Waals surface area contributed by atoms with E-state index in [0.717, 1.165) is 70.0 Å². The third-order valence-electron chi connectivity index (χ3n) is 5.04. The molecule has 0 radical (unpaired) electrons. The average molecular weight is 441 g/mol. The SMILES string of the molecule is C.Cl.Clc1cnc(Nc2ccc(N3CCOCC3)cc2)nc1CCC1CCCO1. The monoisotopic (exact) mass is 440 g/mol. The highest BCUT2D eigenvalue weighted by molar-refractivity contribution is 6.31. The zero-order valence-electron chi connectivity index (χ0n) is 15.8. The lowest BCUT2D eigenvalue weighted by atomic mass is 10.1. The fourth-order valence-electron chi connectivity index (χ4n) is 3.51. The summed E-state index contributed by atoms with van der Waals surface area (Å²) in [5.74, 6) is 0.570. The van der Waals surface area contributed by atoms with Crippen molar-refractivity contribution in [3.8, 4) is 0 Å². The van der Waals surface area contributed by atoms with Gasteiger partial charge >= 0.3 is 0 Å². The molecule has 3 heterocycles. The quantitative estimate of drug-likeness (QED) is 0.690. The van der Waals surface area contributed by atoms with E-state index < -0.39 is 0 Å². The summed E-state index contributed by atoms with van der Waals surface area (Å²) in [7, 11) is 0. The van der Waals surface area contributed by atoms with Gasteiger partial charge in [-0.3, -0.25) is 0 Å². The number of ether oxygens (including phenoxy) is 2. The van der Waals surface area contributed by atoms with Crippen molar-refractivity contribution in [2.24, 2.45) is 0 Å². The van der Waals surface area contributed by atoms with Crippen LogP contribution in [0, 0.1) is 0 Å². The molecule has 6 nitrogen and oxygen atoms in total. The Balaban J connectivity index is 0.00000150. The molecule has 160 valence electrons. The second-order valence-corrected chi connectivity index (χ2v) is 7.34. The Kier molecular flexibility index (Phi) is 9.43. The molecular formula is C21H30Cl2N4O2. The molecular weight excluding hydrogens is 411 g/mol. The van der Waals surface area contributed by atoms with E-state index in [4.69, 9.17) is 21.1 Å². The number of anilines is 3. The van der Waals surface area contributed by atoms with E-state index in [1.807, 2.05) is 0 Å². The Morgan fingerprint density at radius 2 is 1.90 bits per heavy atom. The zero-order valence-corrected chi connectivity index (χ0v) is 17.3. The van der Waals surface area contributed by atoms with Crippen molar-refractivity contribution in [1.29, 1.82) is 0 Å². The Morgan fingerprint density at radius 3 is 2.59 bits per heavy atom. The molecule has 1 aromatic carbocycles. The van der Waals surface area contributed by atoms with Gasteiger partial charge in [-0.2, -0.15) is 0 Å². The second kappa shape index (κ2) is 11.6. The molecule has 1 atom stereocenters. The van der Waals surface area contributed by atoms with Gasteiger partial charge in [-0.25, -0.2) is 9.97 Å². The van der Waals surface area contributed by atoms with Crippen LogP contribution in [0.1, 0.15) is 32.4 Å². The maximum absolute atomic E-state index is 6.28. The van der Waals surface area contributed by atoms with Crippen molar-refractivity contribution >= 4 is 41.3 Å². The van der Waals surface area contributed by atoms with E-state index in [9.17, 15) is 0 Å². The summed E-state index contributed by atoms with van der Waals surface area (Å²) >= 11 is 6.28. The van der Waals surface area contributed by atoms with Gasteiger partial charge in [-0.05, 0) is 49.9 Å². The number of hydrogen-bond acceptors (Lipinski definition) is 6. The second-order valence-electron chi connectivity index (χ2n) is 6.93. The summed E-state index contributed by atoms with van der Waals surface area (Å²) in [4.78, 5) is 11.2. The minimum atomic E-state index is 0. The Hall–Kier alpha value is -1.60. The van der Waals surface area contributed by atoms with E-state index in [0.29, 0.717) is 17.1 Å². The number of aryl methyl sites for hydroxylation is 1. The van der Waals surface area contributed by atoms with Gasteiger partial charge in [0, 0.05) is 31.1 Å². The molecule has 0 aliphatic carbocycles. The van der Waals surface area contributed by atoms with Crippen LogP contribution in [0.4, 0.5) is 17.3 Å². The predicted octanol–water partition coefficient (Wildman–Crippen LogP) is 4.88. The minimum absolute atomic E-state index is 0. The summed E-state index contributed by atoms with van der Waals surface area (Å²) in [5.41, 5.74) is 3.03. The molecule has 2 aromatic rings. The van der Waals surface area contributed by atoms with E-state index in [-0.39, 0.29) is 19.8 Å². The molecule has 8 heteroatoms. The number of nitrogens with one attached hydrogen (secondary N) is 1. The smallest absolute Gasteiger partial charge is 0.227 e. The van der Waals surface area contributed by atoms with Crippen molar-refractivity contribution in [3.05, 3.63) is 41.2 Å². The number of benzene rings is 1. The van der Waals surface area contributed by atoms with Gasteiger partial charge in [-0.1, -0.05) is 19.0 Å². The molecule has 1 N–H and O–H groups in total. The van der Waals surface area contributed by atoms with Gasteiger partial charge in [0.05, 0.1) is 36.2 Å². The standard InChI is InChI=1S/C20H25ClN4O2.CH4.ClH/c21-18-14-22-20(24-19(18)8-7-17-2-1-11-27-17)23-15-3-5-16(6-4-15)25-9-12-26-13-10-25;;/h3-6,14,17H,1-2,7-13H2,(H,22,23,24);1H4;1H. The van der Waals surface area contributed by atoms with Crippen LogP contribution in [0.25, 0.3) is 0 Å². The van der Waals surface area contributed by atoms with Crippen molar-refractivity contribution < 1.29 is 9.47 Å². The zero-order chi connectivity index (χ0) is 18.5. The molecule has 29 heavy (non-hydrogen) atoms. The van der Waals surface area contributed by atoms with Crippen LogP contribution in [0.2, 0.25) is 5.02 Å². The van der Waals surface area contributed by atoms with Crippen molar-refractivity contribution in [2.45, 2.75) is 39.2 Å². The first kappa shape index (κ1) is 23.7. The molecule has 4 rings (SSSR count). The molecule has 2 saturated heterocycles. The first-order valence-electron chi connectivity index (χ1n) is 9.61. The summed E-state index contributed by atoms with van der Waals surface area (Å²) in [5, 5.41) is 3.89. The lowest BCUT2D eigenvalue weighted by Gasteiger charge is -2.28. The number of halogens is 2. The molecule has 2 aliphatic rings. The molecule has 2 aliphatic heterocycles. The Labute approximate surface area is 184 Å². The first-order chi connectivity index (χ1) is 13.3. The molecule has 0 saturated carbocycles. The van der Waals surface area contributed by atoms with Crippen LogP contribution in [0.3, 0.4) is 0 Å². The lowest BCUT2D eigenvalue weighted by Crippen LogP contribution is -2.36. The average Bonchev–Trinajstić information content (AvgIpc) is 3.23. The number of morpholine rings is 1. The van der Waals surface area contributed by atoms with Crippen LogP contribution in [-0.4, -0.2) is 49.0 Å². The lowest BCUT2D eigenvalue weighted by molar-refractivity contribution is 0.104. The molecule has 2 fully saturated rings. The van der Waals surface area contributed by atoms with Crippen molar-refractivity contribution in [2.75, 3.05) is 43.1 Å². The maximum Gasteiger partial charge on any atom is 0.227 e. The van der Waals surface area contributed by atoms with E-state index in [1.165, 1.54) is 5.69 Å². The third-order valence-corrected chi connectivity index (χ3v) is 5.36. The van der Waals surface area contributed by atoms with Gasteiger partial charge in [0.25, 0.3) is 0 Å². The number of aromatic nitrogens is 2.